The van der Waals surface area contributed by atoms with Crippen LogP contribution in [0.1, 0.15) is 99.0 Å². The van der Waals surface area contributed by atoms with Crippen LogP contribution in [0.2, 0.25) is 0 Å². The molecule has 0 bridgehead atoms. The molecule has 0 spiro atoms. The number of nitrogens with zero attached hydrogens (tertiary/aromatic N) is 5. The Morgan fingerprint density at radius 3 is 2.29 bits per heavy atom. The molecule has 5 aromatic rings. The number of unbranched alkanes of at least 4 members (excludes halogenated alkanes) is 7. The van der Waals surface area contributed by atoms with Gasteiger partial charge in [0, 0.05) is 24.4 Å². The Labute approximate surface area is 394 Å². The van der Waals surface area contributed by atoms with Gasteiger partial charge in [-0.15, -0.1) is 0 Å². The van der Waals surface area contributed by atoms with E-state index in [1.54, 1.807) is 48.5 Å². The van der Waals surface area contributed by atoms with Crippen molar-refractivity contribution in [3.63, 3.8) is 0 Å². The quantitative estimate of drug-likeness (QED) is 0.0179. The minimum atomic E-state index is -4.84. The molecule has 3 aromatic heterocycles. The summed E-state index contributed by atoms with van der Waals surface area (Å²) >= 11 is 0.627. The summed E-state index contributed by atoms with van der Waals surface area (Å²) in [5.74, 6) is 0.544. The van der Waals surface area contributed by atoms with Crippen LogP contribution in [-0.4, -0.2) is 89.5 Å². The molecule has 0 aliphatic carbocycles. The van der Waals surface area contributed by atoms with Crippen LogP contribution in [0, 0.1) is 0 Å². The predicted octanol–water partition coefficient (Wildman–Crippen LogP) is 6.15. The van der Waals surface area contributed by atoms with Gasteiger partial charge in [-0.05, 0) is 85.6 Å². The average Bonchev–Trinajstić information content (AvgIpc) is 4.08. The minimum absolute atomic E-state index is 0.0373. The molecule has 2 unspecified atom stereocenters. The van der Waals surface area contributed by atoms with Gasteiger partial charge < -0.3 is 40.2 Å². The largest absolute Gasteiger partial charge is 0.494 e. The molecule has 0 saturated carbocycles. The van der Waals surface area contributed by atoms with E-state index in [0.717, 1.165) is 25.8 Å². The number of phosphoric ester groups is 1. The van der Waals surface area contributed by atoms with Gasteiger partial charge in [-0.3, -0.25) is 32.5 Å². The normalized spacial score (nSPS) is 21.1. The van der Waals surface area contributed by atoms with Crippen molar-refractivity contribution in [2.45, 2.75) is 107 Å². The first-order chi connectivity index (χ1) is 32.8. The molecule has 5 heterocycles. The first kappa shape index (κ1) is 51.1. The standard InChI is InChI=1S/C43H56N8O14P2S/c44-20-7-5-3-1-2-4-6-8-22-59-31-15-11-30(12-16-31)42(53)63-32-13-9-29(10-14-32)26-68-67(57,58)61-25-35-34(23-38(64-35)51-28-48-39-40(45)46-27-47-41(39)51)65-66(55,56)60-24-33-17-18-37(62-33)50-21-19-36(52)49-43(50)54/h9-16,19,21,27-28,33-35,37-38H,1-8,17-18,20,22-26,44H2,(H,55,56)(H,57,58)(H2,45,46,47)(H,49,52,54)/t33-,34-,35+,37+,38+/m0/s1. The summed E-state index contributed by atoms with van der Waals surface area (Å²) in [6.45, 7) is -3.93. The molecule has 2 fully saturated rings. The smallest absolute Gasteiger partial charge is 0.472 e. The second-order valence-electron chi connectivity index (χ2n) is 16.2. The van der Waals surface area contributed by atoms with E-state index in [0.29, 0.717) is 58.9 Å². The van der Waals surface area contributed by atoms with Gasteiger partial charge in [0.15, 0.2) is 11.5 Å². The molecule has 0 radical (unpaired) electrons. The van der Waals surface area contributed by atoms with E-state index >= 15 is 0 Å². The van der Waals surface area contributed by atoms with E-state index < -0.39 is 69.2 Å². The van der Waals surface area contributed by atoms with Gasteiger partial charge in [0.1, 0.15) is 48.0 Å². The molecule has 7 rings (SSSR count). The van der Waals surface area contributed by atoms with Crippen molar-refractivity contribution in [2.75, 3.05) is 32.1 Å². The SMILES string of the molecule is NCCCCCCCCCCOc1ccc(C(=O)Oc2ccc(CSP(=O)(O)OC[C@H]3O[C@@H](n4cnc5c(N)ncnc54)C[C@@H]3OP(=O)(O)OC[C@@H]3CC[C@H](n4ccc(=O)[nH]c4=O)O3)cc2)cc1. The van der Waals surface area contributed by atoms with E-state index in [1.165, 1.54) is 66.2 Å². The van der Waals surface area contributed by atoms with E-state index in [1.807, 2.05) is 0 Å². The summed E-state index contributed by atoms with van der Waals surface area (Å²) in [6, 6.07) is 14.4. The highest BCUT2D eigenvalue weighted by molar-refractivity contribution is 8.54. The van der Waals surface area contributed by atoms with Crippen LogP contribution in [0.25, 0.3) is 11.2 Å². The van der Waals surface area contributed by atoms with Crippen molar-refractivity contribution in [2.24, 2.45) is 5.73 Å². The third-order valence-electron chi connectivity index (χ3n) is 11.2. The number of imidazole rings is 1. The van der Waals surface area contributed by atoms with E-state index in [-0.39, 0.29) is 30.3 Å². The summed E-state index contributed by atoms with van der Waals surface area (Å²) in [7, 11) is -4.84. The number of H-pyrrole nitrogens is 1. The van der Waals surface area contributed by atoms with Crippen LogP contribution < -0.4 is 32.2 Å². The highest BCUT2D eigenvalue weighted by atomic mass is 32.7. The number of ether oxygens (including phenoxy) is 4. The summed E-state index contributed by atoms with van der Waals surface area (Å²) in [5, 5.41) is 0. The van der Waals surface area contributed by atoms with Crippen molar-refractivity contribution in [1.29, 1.82) is 0 Å². The van der Waals surface area contributed by atoms with Crippen molar-refractivity contribution in [3.05, 3.63) is 105 Å². The molecule has 2 aliphatic rings. The Bertz CT molecular complexity index is 2650. The van der Waals surface area contributed by atoms with Crippen LogP contribution >= 0.6 is 26.0 Å². The zero-order valence-electron chi connectivity index (χ0n) is 37.1. The van der Waals surface area contributed by atoms with Gasteiger partial charge in [-0.2, -0.15) is 0 Å². The van der Waals surface area contributed by atoms with Gasteiger partial charge in [0.2, 0.25) is 0 Å². The fourth-order valence-electron chi connectivity index (χ4n) is 7.62. The van der Waals surface area contributed by atoms with Crippen molar-refractivity contribution in [3.8, 4) is 11.5 Å². The second kappa shape index (κ2) is 24.2. The number of nitrogens with two attached hydrogens (primary N) is 2. The number of anilines is 1. The lowest BCUT2D eigenvalue weighted by atomic mass is 10.1. The second-order valence-corrected chi connectivity index (χ2v) is 21.5. The Morgan fingerprint density at radius 2 is 1.56 bits per heavy atom. The molecular weight excluding hydrogens is 947 g/mol. The third kappa shape index (κ3) is 14.6. The number of aromatic amines is 1. The van der Waals surface area contributed by atoms with Gasteiger partial charge in [0.25, 0.3) is 5.56 Å². The van der Waals surface area contributed by atoms with Crippen molar-refractivity contribution >= 4 is 49.0 Å². The number of carbonyl (C=O) groups excluding carboxylic acids is 1. The molecule has 368 valence electrons. The molecule has 68 heavy (non-hydrogen) atoms. The highest BCUT2D eigenvalue weighted by Crippen LogP contribution is 2.58. The lowest BCUT2D eigenvalue weighted by Crippen LogP contribution is -2.31. The Morgan fingerprint density at radius 1 is 0.838 bits per heavy atom. The fourth-order valence-corrected chi connectivity index (χ4v) is 10.9. The number of esters is 1. The van der Waals surface area contributed by atoms with E-state index in [2.05, 4.69) is 19.9 Å². The maximum absolute atomic E-state index is 13.3. The zero-order chi connectivity index (χ0) is 48.1. The molecule has 2 aromatic carbocycles. The number of carbonyl (C=O) groups is 1. The first-order valence-corrected chi connectivity index (χ1v) is 27.0. The Kier molecular flexibility index (Phi) is 18.2. The Hall–Kier alpha value is -4.77. The van der Waals surface area contributed by atoms with Crippen LogP contribution in [-0.2, 0) is 37.9 Å². The molecular formula is C43H56N8O14P2S. The van der Waals surface area contributed by atoms with Crippen LogP contribution in [0.15, 0.2) is 83.0 Å². The summed E-state index contributed by atoms with van der Waals surface area (Å²) in [5.41, 5.74) is 11.9. The maximum Gasteiger partial charge on any atom is 0.472 e. The highest BCUT2D eigenvalue weighted by Gasteiger charge is 2.44. The number of nitrogen functional groups attached to an aromatic ring is 1. The predicted molar refractivity (Wildman–Crippen MR) is 250 cm³/mol. The number of hydrogen-bond donors (Lipinski definition) is 5. The van der Waals surface area contributed by atoms with Gasteiger partial charge in [-0.1, -0.05) is 50.7 Å². The van der Waals surface area contributed by atoms with Crippen LogP contribution in [0.4, 0.5) is 5.82 Å². The molecule has 22 nitrogen and oxygen atoms in total. The van der Waals surface area contributed by atoms with Gasteiger partial charge >= 0.3 is 26.3 Å². The van der Waals surface area contributed by atoms with E-state index in [9.17, 15) is 33.3 Å². The number of nitrogens with one attached hydrogen (secondary N) is 1. The number of rotatable bonds is 26. The number of benzene rings is 2. The number of hydrogen-bond acceptors (Lipinski definition) is 18. The van der Waals surface area contributed by atoms with Gasteiger partial charge in [0.05, 0.1) is 37.8 Å². The summed E-state index contributed by atoms with van der Waals surface area (Å²) < 4.78 is 69.2. The monoisotopic (exact) mass is 1000 g/mol. The molecule has 2 saturated heterocycles. The summed E-state index contributed by atoms with van der Waals surface area (Å²) in [4.78, 5) is 72.9. The fraction of sp³-hybridized carbons (Fsp3) is 0.488. The lowest BCUT2D eigenvalue weighted by Gasteiger charge is -2.23. The van der Waals surface area contributed by atoms with Crippen LogP contribution in [0.3, 0.4) is 0 Å². The molecule has 25 heteroatoms. The lowest BCUT2D eigenvalue weighted by molar-refractivity contribution is -0.0456. The molecule has 0 amide bonds. The van der Waals surface area contributed by atoms with Crippen LogP contribution in [0.5, 0.6) is 11.5 Å². The average molecular weight is 1000 g/mol. The number of fused-ring (bicyclic) bond motifs is 1. The first-order valence-electron chi connectivity index (χ1n) is 22.3. The third-order valence-corrected chi connectivity index (χ3v) is 15.2. The number of aromatic nitrogens is 6. The Balaban J connectivity index is 0.879. The van der Waals surface area contributed by atoms with Crippen molar-refractivity contribution < 1.29 is 56.2 Å². The molecule has 7 N–H and O–H groups in total. The topological polar surface area (TPSA) is 307 Å². The number of phosphoric acid groups is 1. The van der Waals surface area contributed by atoms with E-state index in [4.69, 9.17) is 44.0 Å². The van der Waals surface area contributed by atoms with Gasteiger partial charge in [-0.25, -0.2) is 33.7 Å². The zero-order valence-corrected chi connectivity index (χ0v) is 39.7. The van der Waals surface area contributed by atoms with Crippen molar-refractivity contribution in [1.82, 2.24) is 29.1 Å². The minimum Gasteiger partial charge on any atom is -0.494 e. The molecule has 2 aliphatic heterocycles. The maximum atomic E-state index is 13.3. The summed E-state index contributed by atoms with van der Waals surface area (Å²) in [6.07, 6.45) is 9.13. The molecule has 7 atom stereocenters.